The van der Waals surface area contributed by atoms with Crippen LogP contribution in [-0.4, -0.2) is 24.0 Å². The maximum Gasteiger partial charge on any atom is 0.339 e. The van der Waals surface area contributed by atoms with Crippen molar-refractivity contribution in [1.82, 2.24) is 0 Å². The number of hydrogen-bond acceptors (Lipinski definition) is 4. The van der Waals surface area contributed by atoms with Crippen LogP contribution in [0.25, 0.3) is 0 Å². The molecule has 0 spiro atoms. The van der Waals surface area contributed by atoms with Crippen molar-refractivity contribution in [2.24, 2.45) is 11.5 Å². The largest absolute Gasteiger partial charge is 0.461 e. The third-order valence-electron chi connectivity index (χ3n) is 1.23. The average molecular weight is 167 g/mol. The van der Waals surface area contributed by atoms with Crippen LogP contribution < -0.4 is 11.5 Å². The Morgan fingerprint density at radius 2 is 2.20 bits per heavy atom. The van der Waals surface area contributed by atoms with E-state index in [0.717, 1.165) is 0 Å². The minimum absolute atomic E-state index is 0. The van der Waals surface area contributed by atoms with Gasteiger partial charge in [0.1, 0.15) is 6.61 Å². The van der Waals surface area contributed by atoms with Crippen molar-refractivity contribution in [2.45, 2.75) is 5.54 Å². The molecule has 0 aromatic carbocycles. The molecule has 1 atom stereocenters. The Morgan fingerprint density at radius 3 is 2.20 bits per heavy atom. The van der Waals surface area contributed by atoms with Crippen LogP contribution in [0.15, 0.2) is 0 Å². The molecule has 0 aromatic rings. The van der Waals surface area contributed by atoms with Gasteiger partial charge >= 0.3 is 5.97 Å². The maximum absolute atomic E-state index is 10.3. The number of carbonyl (C=O) groups is 2. The summed E-state index contributed by atoms with van der Waals surface area (Å²) >= 11 is 0. The molecule has 0 bridgehead atoms. The number of hydrogen-bond donors (Lipinski definition) is 2. The third-order valence-corrected chi connectivity index (χ3v) is 1.23. The van der Waals surface area contributed by atoms with Gasteiger partial charge in [0.25, 0.3) is 5.91 Å². The molecule has 0 aromatic heterocycles. The zero-order chi connectivity index (χ0) is 7.07. The van der Waals surface area contributed by atoms with Crippen LogP contribution in [0.4, 0.5) is 0 Å². The number of rotatable bonds is 1. The predicted octanol–water partition coefficient (Wildman–Crippen LogP) is -1.85. The molecule has 0 unspecified atom stereocenters. The molecule has 10 heavy (non-hydrogen) atoms. The van der Waals surface area contributed by atoms with Crippen LogP contribution in [0.2, 0.25) is 0 Å². The Bertz CT molecular complexity index is 173. The number of primary amides is 1. The number of carbonyl (C=O) groups excluding carboxylic acids is 2. The highest BCUT2D eigenvalue weighted by atomic mass is 35.5. The van der Waals surface area contributed by atoms with E-state index in [4.69, 9.17) is 11.5 Å². The molecule has 1 heterocycles. The zero-order valence-electron chi connectivity index (χ0n) is 4.99. The molecule has 1 aliphatic heterocycles. The van der Waals surface area contributed by atoms with Gasteiger partial charge in [-0.1, -0.05) is 0 Å². The van der Waals surface area contributed by atoms with Gasteiger partial charge < -0.3 is 16.2 Å². The monoisotopic (exact) mass is 166 g/mol. The highest BCUT2D eigenvalue weighted by molar-refractivity contribution is 6.09. The van der Waals surface area contributed by atoms with Gasteiger partial charge in [-0.15, -0.1) is 12.4 Å². The number of nitrogens with two attached hydrogens (primary N) is 2. The lowest BCUT2D eigenvalue weighted by molar-refractivity contribution is -0.174. The smallest absolute Gasteiger partial charge is 0.339 e. The lowest BCUT2D eigenvalue weighted by atomic mass is 9.98. The molecule has 58 valence electrons. The molecular weight excluding hydrogens is 160 g/mol. The van der Waals surface area contributed by atoms with E-state index in [9.17, 15) is 9.59 Å². The van der Waals surface area contributed by atoms with E-state index in [-0.39, 0.29) is 19.0 Å². The van der Waals surface area contributed by atoms with Gasteiger partial charge in [-0.05, 0) is 0 Å². The summed E-state index contributed by atoms with van der Waals surface area (Å²) in [6.07, 6.45) is 0. The van der Waals surface area contributed by atoms with Crippen molar-refractivity contribution in [3.05, 3.63) is 0 Å². The normalized spacial score (nSPS) is 29.5. The summed E-state index contributed by atoms with van der Waals surface area (Å²) in [4.78, 5) is 20.7. The van der Waals surface area contributed by atoms with Gasteiger partial charge in [0.05, 0.1) is 0 Å². The quantitative estimate of drug-likeness (QED) is 0.353. The average Bonchev–Trinajstić information content (AvgIpc) is 1.82. The molecule has 1 amide bonds. The fraction of sp³-hybridized carbons (Fsp3) is 0.500. The van der Waals surface area contributed by atoms with Crippen molar-refractivity contribution in [2.75, 3.05) is 6.61 Å². The molecule has 0 aliphatic carbocycles. The molecule has 1 aliphatic rings. The first-order valence-corrected chi connectivity index (χ1v) is 2.33. The van der Waals surface area contributed by atoms with Crippen molar-refractivity contribution in [3.8, 4) is 0 Å². The van der Waals surface area contributed by atoms with E-state index in [1.807, 2.05) is 0 Å². The van der Waals surface area contributed by atoms with Crippen LogP contribution in [0.3, 0.4) is 0 Å². The van der Waals surface area contributed by atoms with E-state index in [0.29, 0.717) is 0 Å². The van der Waals surface area contributed by atoms with Crippen LogP contribution in [0, 0.1) is 0 Å². The minimum Gasteiger partial charge on any atom is -0.461 e. The summed E-state index contributed by atoms with van der Waals surface area (Å²) in [5.41, 5.74) is 8.36. The van der Waals surface area contributed by atoms with Gasteiger partial charge in [0.2, 0.25) is 5.54 Å². The van der Waals surface area contributed by atoms with Crippen molar-refractivity contribution < 1.29 is 14.3 Å². The fourth-order valence-corrected chi connectivity index (χ4v) is 0.458. The van der Waals surface area contributed by atoms with Gasteiger partial charge in [-0.2, -0.15) is 0 Å². The van der Waals surface area contributed by atoms with Gasteiger partial charge in [-0.25, -0.2) is 4.79 Å². The number of amides is 1. The van der Waals surface area contributed by atoms with Crippen molar-refractivity contribution >= 4 is 24.3 Å². The molecule has 5 nitrogen and oxygen atoms in total. The molecule has 0 saturated carbocycles. The maximum atomic E-state index is 10.3. The van der Waals surface area contributed by atoms with Gasteiger partial charge in [0, 0.05) is 0 Å². The Hall–Kier alpha value is -0.810. The number of halogens is 1. The molecule has 1 rings (SSSR count). The lowest BCUT2D eigenvalue weighted by Gasteiger charge is -2.31. The van der Waals surface area contributed by atoms with Crippen LogP contribution >= 0.6 is 12.4 Å². The van der Waals surface area contributed by atoms with E-state index in [1.165, 1.54) is 0 Å². The first-order valence-electron chi connectivity index (χ1n) is 2.33. The molecule has 4 N–H and O–H groups in total. The Kier molecular flexibility index (Phi) is 2.24. The summed E-state index contributed by atoms with van der Waals surface area (Å²) in [5.74, 6) is -1.58. The molecule has 6 heteroatoms. The van der Waals surface area contributed by atoms with Crippen LogP contribution in [-0.2, 0) is 14.3 Å². The van der Waals surface area contributed by atoms with Gasteiger partial charge in [-0.3, -0.25) is 4.79 Å². The highest BCUT2D eigenvalue weighted by Gasteiger charge is 2.51. The topological polar surface area (TPSA) is 95.4 Å². The highest BCUT2D eigenvalue weighted by Crippen LogP contribution is 2.13. The second-order valence-electron chi connectivity index (χ2n) is 1.91. The van der Waals surface area contributed by atoms with Crippen molar-refractivity contribution in [1.29, 1.82) is 0 Å². The van der Waals surface area contributed by atoms with Gasteiger partial charge in [0.15, 0.2) is 0 Å². The zero-order valence-corrected chi connectivity index (χ0v) is 5.81. The minimum atomic E-state index is -1.54. The Labute approximate surface area is 63.1 Å². The summed E-state index contributed by atoms with van der Waals surface area (Å²) in [7, 11) is 0. The van der Waals surface area contributed by atoms with Crippen molar-refractivity contribution in [3.63, 3.8) is 0 Å². The summed E-state index contributed by atoms with van der Waals surface area (Å²) < 4.78 is 4.24. The molecular formula is C4H7ClN2O3. The molecule has 0 radical (unpaired) electrons. The first kappa shape index (κ1) is 9.19. The van der Waals surface area contributed by atoms with E-state index < -0.39 is 17.4 Å². The number of esters is 1. The summed E-state index contributed by atoms with van der Waals surface area (Å²) in [5, 5.41) is 0. The Balaban J connectivity index is 0.000000810. The standard InChI is InChI=1S/C4H6N2O3.ClH/c5-2(7)4(6)1-9-3(4)8;/h1,6H2,(H2,5,7);1H/t4-;/m1./s1. The number of ether oxygens (including phenoxy) is 1. The van der Waals surface area contributed by atoms with Crippen LogP contribution in [0.5, 0.6) is 0 Å². The second-order valence-corrected chi connectivity index (χ2v) is 1.91. The van der Waals surface area contributed by atoms with E-state index in [2.05, 4.69) is 4.74 Å². The summed E-state index contributed by atoms with van der Waals surface area (Å²) in [6.45, 7) is -0.0961. The van der Waals surface area contributed by atoms with E-state index in [1.54, 1.807) is 0 Å². The molecule has 1 saturated heterocycles. The Morgan fingerprint density at radius 1 is 1.70 bits per heavy atom. The SMILES string of the molecule is Cl.NC(=O)[C@]1(N)COC1=O. The summed E-state index contributed by atoms with van der Waals surface area (Å²) in [6, 6.07) is 0. The lowest BCUT2D eigenvalue weighted by Crippen LogP contribution is -2.69. The van der Waals surface area contributed by atoms with Crippen LogP contribution in [0.1, 0.15) is 0 Å². The predicted molar refractivity (Wildman–Crippen MR) is 34.3 cm³/mol. The number of cyclic esters (lactones) is 1. The fourth-order valence-electron chi connectivity index (χ4n) is 0.458. The second kappa shape index (κ2) is 2.43. The van der Waals surface area contributed by atoms with E-state index >= 15 is 0 Å². The molecule has 1 fully saturated rings. The third kappa shape index (κ3) is 0.932. The first-order chi connectivity index (χ1) is 4.07.